The van der Waals surface area contributed by atoms with Crippen LogP contribution in [0.4, 0.5) is 10.1 Å². The van der Waals surface area contributed by atoms with E-state index in [1.165, 1.54) is 6.07 Å². The summed E-state index contributed by atoms with van der Waals surface area (Å²) in [5, 5.41) is 2.16. The van der Waals surface area contributed by atoms with Gasteiger partial charge in [0.2, 0.25) is 17.7 Å². The molecule has 0 radical (unpaired) electrons. The van der Waals surface area contributed by atoms with Crippen molar-refractivity contribution in [3.05, 3.63) is 29.1 Å². The van der Waals surface area contributed by atoms with Crippen LogP contribution in [0.15, 0.2) is 12.1 Å². The highest BCUT2D eigenvalue weighted by atomic mass is 19.1. The molecule has 4 heterocycles. The van der Waals surface area contributed by atoms with Crippen molar-refractivity contribution in [3.63, 3.8) is 0 Å². The average Bonchev–Trinajstić information content (AvgIpc) is 3.13. The standard InChI is InChI=1S/C25H31FN6O5/c26-18-11-16-17(25(37)32(24(16)36)19-1-2-21(33)28-23(19)35)12-20(18)30-9-7-29(8-10-30)14-15-3-5-31(6-4-15)22(34)13-27/h11-12,15,19H,1-10,13-14,27H2,(H,28,33,35). The monoisotopic (exact) mass is 514 g/mol. The molecule has 3 fully saturated rings. The van der Waals surface area contributed by atoms with E-state index in [-0.39, 0.29) is 42.1 Å². The van der Waals surface area contributed by atoms with Crippen molar-refractivity contribution in [2.24, 2.45) is 11.7 Å². The van der Waals surface area contributed by atoms with Crippen LogP contribution in [0.1, 0.15) is 46.4 Å². The number of fused-ring (bicyclic) bond motifs is 1. The molecular formula is C25H31FN6O5. The number of hydrogen-bond acceptors (Lipinski definition) is 8. The fourth-order valence-corrected chi connectivity index (χ4v) is 5.75. The summed E-state index contributed by atoms with van der Waals surface area (Å²) in [6, 6.07) is 1.41. The number of nitrogens with one attached hydrogen (secondary N) is 1. The first-order chi connectivity index (χ1) is 17.8. The summed E-state index contributed by atoms with van der Waals surface area (Å²) in [6.07, 6.45) is 1.95. The molecule has 37 heavy (non-hydrogen) atoms. The minimum Gasteiger partial charge on any atom is -0.367 e. The summed E-state index contributed by atoms with van der Waals surface area (Å²) in [5.74, 6) is -2.61. The van der Waals surface area contributed by atoms with Crippen molar-refractivity contribution in [1.29, 1.82) is 0 Å². The molecule has 1 aromatic carbocycles. The molecular weight excluding hydrogens is 483 g/mol. The van der Waals surface area contributed by atoms with Gasteiger partial charge in [-0.15, -0.1) is 0 Å². The minimum atomic E-state index is -1.08. The highest BCUT2D eigenvalue weighted by Gasteiger charge is 2.45. The molecule has 3 N–H and O–H groups in total. The van der Waals surface area contributed by atoms with Crippen molar-refractivity contribution in [2.75, 3.05) is 57.3 Å². The molecule has 0 spiro atoms. The molecule has 198 valence electrons. The smallest absolute Gasteiger partial charge is 0.262 e. The van der Waals surface area contributed by atoms with Crippen LogP contribution in [0.2, 0.25) is 0 Å². The highest BCUT2D eigenvalue weighted by molar-refractivity contribution is 6.23. The lowest BCUT2D eigenvalue weighted by Crippen LogP contribution is -2.54. The van der Waals surface area contributed by atoms with Gasteiger partial charge in [-0.3, -0.25) is 39.1 Å². The lowest BCUT2D eigenvalue weighted by Gasteiger charge is -2.39. The van der Waals surface area contributed by atoms with Crippen molar-refractivity contribution < 1.29 is 28.4 Å². The molecule has 0 bridgehead atoms. The summed E-state index contributed by atoms with van der Waals surface area (Å²) in [6.45, 7) is 5.01. The molecule has 0 saturated carbocycles. The Labute approximate surface area is 213 Å². The molecule has 1 atom stereocenters. The number of imide groups is 2. The van der Waals surface area contributed by atoms with E-state index in [9.17, 15) is 24.0 Å². The molecule has 0 aromatic heterocycles. The number of nitrogens with zero attached hydrogens (tertiary/aromatic N) is 4. The number of piperazine rings is 1. The lowest BCUT2D eigenvalue weighted by atomic mass is 9.96. The molecule has 0 aliphatic carbocycles. The number of anilines is 1. The van der Waals surface area contributed by atoms with Crippen LogP contribution in [-0.2, 0) is 14.4 Å². The van der Waals surface area contributed by atoms with E-state index in [0.29, 0.717) is 19.0 Å². The van der Waals surface area contributed by atoms with Gasteiger partial charge in [-0.2, -0.15) is 0 Å². The zero-order valence-corrected chi connectivity index (χ0v) is 20.6. The highest BCUT2D eigenvalue weighted by Crippen LogP contribution is 2.33. The number of nitrogens with two attached hydrogens (primary N) is 1. The minimum absolute atomic E-state index is 0.0103. The van der Waals surface area contributed by atoms with Crippen LogP contribution < -0.4 is 16.0 Å². The van der Waals surface area contributed by atoms with E-state index < -0.39 is 35.5 Å². The quantitative estimate of drug-likeness (QED) is 0.504. The molecule has 12 heteroatoms. The normalized spacial score (nSPS) is 23.5. The van der Waals surface area contributed by atoms with Crippen molar-refractivity contribution in [2.45, 2.75) is 31.7 Å². The molecule has 11 nitrogen and oxygen atoms in total. The molecule has 1 aromatic rings. The van der Waals surface area contributed by atoms with Crippen LogP contribution in [0.5, 0.6) is 0 Å². The maximum atomic E-state index is 15.1. The second-order valence-corrected chi connectivity index (χ2v) is 10.1. The Morgan fingerprint density at radius 2 is 1.59 bits per heavy atom. The number of rotatable bonds is 5. The van der Waals surface area contributed by atoms with E-state index in [4.69, 9.17) is 5.73 Å². The Bertz CT molecular complexity index is 1140. The van der Waals surface area contributed by atoms with Gasteiger partial charge in [-0.05, 0) is 37.3 Å². The average molecular weight is 515 g/mol. The summed E-state index contributed by atoms with van der Waals surface area (Å²) in [7, 11) is 0. The number of piperidine rings is 2. The van der Waals surface area contributed by atoms with Gasteiger partial charge in [-0.1, -0.05) is 0 Å². The van der Waals surface area contributed by atoms with E-state index in [0.717, 1.165) is 56.5 Å². The second kappa shape index (κ2) is 10.2. The second-order valence-electron chi connectivity index (χ2n) is 10.1. The van der Waals surface area contributed by atoms with E-state index in [1.54, 1.807) is 0 Å². The van der Waals surface area contributed by atoms with Crippen molar-refractivity contribution in [3.8, 4) is 0 Å². The zero-order chi connectivity index (χ0) is 26.3. The Morgan fingerprint density at radius 1 is 0.946 bits per heavy atom. The lowest BCUT2D eigenvalue weighted by molar-refractivity contribution is -0.136. The molecule has 5 rings (SSSR count). The predicted octanol–water partition coefficient (Wildman–Crippen LogP) is -0.454. The molecule has 5 amide bonds. The van der Waals surface area contributed by atoms with Gasteiger partial charge in [0.1, 0.15) is 11.9 Å². The van der Waals surface area contributed by atoms with Gasteiger partial charge >= 0.3 is 0 Å². The summed E-state index contributed by atoms with van der Waals surface area (Å²) >= 11 is 0. The molecule has 3 saturated heterocycles. The number of carbonyl (C=O) groups excluding carboxylic acids is 5. The first-order valence-electron chi connectivity index (χ1n) is 12.8. The summed E-state index contributed by atoms with van der Waals surface area (Å²) in [4.78, 5) is 68.4. The number of benzene rings is 1. The topological polar surface area (TPSA) is 136 Å². The molecule has 4 aliphatic heterocycles. The number of hydrogen-bond donors (Lipinski definition) is 2. The Kier molecular flexibility index (Phi) is 6.95. The molecule has 1 unspecified atom stereocenters. The Balaban J connectivity index is 1.21. The summed E-state index contributed by atoms with van der Waals surface area (Å²) in [5.41, 5.74) is 5.74. The van der Waals surface area contributed by atoms with E-state index >= 15 is 4.39 Å². The maximum Gasteiger partial charge on any atom is 0.262 e. The van der Waals surface area contributed by atoms with E-state index in [1.807, 2.05) is 9.80 Å². The summed E-state index contributed by atoms with van der Waals surface area (Å²) < 4.78 is 15.1. The molecule has 4 aliphatic rings. The largest absolute Gasteiger partial charge is 0.367 e. The van der Waals surface area contributed by atoms with E-state index in [2.05, 4.69) is 10.2 Å². The Hall–Kier alpha value is -3.38. The third-order valence-electron chi connectivity index (χ3n) is 7.88. The third kappa shape index (κ3) is 4.82. The van der Waals surface area contributed by atoms with Gasteiger partial charge in [0, 0.05) is 52.2 Å². The van der Waals surface area contributed by atoms with Gasteiger partial charge < -0.3 is 15.5 Å². The number of amides is 5. The number of carbonyl (C=O) groups is 5. The van der Waals surface area contributed by atoms with Crippen LogP contribution in [-0.4, -0.2) is 103 Å². The van der Waals surface area contributed by atoms with Crippen molar-refractivity contribution >= 4 is 35.2 Å². The maximum absolute atomic E-state index is 15.1. The first kappa shape index (κ1) is 25.3. The van der Waals surface area contributed by atoms with Crippen molar-refractivity contribution in [1.82, 2.24) is 20.0 Å². The fourth-order valence-electron chi connectivity index (χ4n) is 5.75. The van der Waals surface area contributed by atoms with Crippen LogP contribution in [0, 0.1) is 11.7 Å². The predicted molar refractivity (Wildman–Crippen MR) is 130 cm³/mol. The number of halogens is 1. The van der Waals surface area contributed by atoms with Crippen LogP contribution in [0.3, 0.4) is 0 Å². The van der Waals surface area contributed by atoms with Gasteiger partial charge in [0.05, 0.1) is 23.4 Å². The van der Waals surface area contributed by atoms with Crippen LogP contribution >= 0.6 is 0 Å². The third-order valence-corrected chi connectivity index (χ3v) is 7.88. The fraction of sp³-hybridized carbons (Fsp3) is 0.560. The SMILES string of the molecule is NCC(=O)N1CCC(CN2CCN(c3cc4c(cc3F)C(=O)N(C3CCC(=O)NC3=O)C4=O)CC2)CC1. The first-order valence-corrected chi connectivity index (χ1v) is 12.8. The Morgan fingerprint density at radius 3 is 2.22 bits per heavy atom. The zero-order valence-electron chi connectivity index (χ0n) is 20.6. The van der Waals surface area contributed by atoms with Gasteiger partial charge in [-0.25, -0.2) is 4.39 Å². The van der Waals surface area contributed by atoms with Gasteiger partial charge in [0.15, 0.2) is 0 Å². The number of likely N-dealkylation sites (tertiary alicyclic amines) is 1. The van der Waals surface area contributed by atoms with Crippen LogP contribution in [0.25, 0.3) is 0 Å². The van der Waals surface area contributed by atoms with Gasteiger partial charge in [0.25, 0.3) is 11.8 Å².